The van der Waals surface area contributed by atoms with Crippen molar-refractivity contribution in [2.24, 2.45) is 63.1 Å². The van der Waals surface area contributed by atoms with Crippen molar-refractivity contribution in [3.63, 3.8) is 0 Å². The van der Waals surface area contributed by atoms with Crippen LogP contribution < -0.4 is 0 Å². The number of ketones is 1. The molecule has 0 amide bonds. The number of allylic oxidation sites excluding steroid dienone is 4. The van der Waals surface area contributed by atoms with Gasteiger partial charge in [0.25, 0.3) is 0 Å². The third-order valence-electron chi connectivity index (χ3n) is 26.7. The van der Waals surface area contributed by atoms with Crippen molar-refractivity contribution in [3.8, 4) is 0 Å². The van der Waals surface area contributed by atoms with E-state index in [1.807, 2.05) is 37.1 Å². The van der Waals surface area contributed by atoms with Crippen molar-refractivity contribution in [2.75, 3.05) is 27.8 Å². The van der Waals surface area contributed by atoms with Crippen LogP contribution in [0.25, 0.3) is 0 Å². The smallest absolute Gasteiger partial charge is 0.397 e. The number of rotatable bonds is 25. The summed E-state index contributed by atoms with van der Waals surface area (Å²) < 4.78 is 76.6. The maximum atomic E-state index is 14.2. The minimum atomic E-state index is -4.23. The zero-order valence-electron chi connectivity index (χ0n) is 68.3. The average Bonchev–Trinajstić information content (AvgIpc) is 1.68. The largest absolute Gasteiger partial charge is 0.459 e. The summed E-state index contributed by atoms with van der Waals surface area (Å²) in [4.78, 5) is 42.9. The molecule has 21 heteroatoms. The molecule has 2 saturated carbocycles. The molecule has 0 aromatic carbocycles. The van der Waals surface area contributed by atoms with E-state index >= 15 is 0 Å². The van der Waals surface area contributed by atoms with Crippen LogP contribution in [0.15, 0.2) is 22.8 Å². The fourth-order valence-corrected chi connectivity index (χ4v) is 20.3. The van der Waals surface area contributed by atoms with Gasteiger partial charge in [-0.2, -0.15) is 8.42 Å². The van der Waals surface area contributed by atoms with Crippen LogP contribution in [0.2, 0.25) is 0 Å². The van der Waals surface area contributed by atoms with E-state index in [1.165, 1.54) is 136 Å². The number of fused-ring (bicyclic) bond motifs is 4. The summed E-state index contributed by atoms with van der Waals surface area (Å²) in [5, 5.41) is 57.4. The summed E-state index contributed by atoms with van der Waals surface area (Å²) in [6.45, 7) is 39.9. The fraction of sp³-hybridized carbons (Fsp3) is 0.915. The number of hydrogen-bond donors (Lipinski definition) is 6. The van der Waals surface area contributed by atoms with Crippen molar-refractivity contribution in [1.29, 1.82) is 0 Å². The fourth-order valence-electron chi connectivity index (χ4n) is 20.0. The van der Waals surface area contributed by atoms with Crippen LogP contribution in [-0.4, -0.2) is 179 Å². The molecule has 600 valence electrons. The molecule has 0 aromatic rings. The molecule has 3 aliphatic heterocycles. The molecule has 4 aliphatic carbocycles. The lowest BCUT2D eigenvalue weighted by atomic mass is 9.43. The number of carbonyl (C=O) groups excluding carboxylic acids is 3. The van der Waals surface area contributed by atoms with Gasteiger partial charge in [0.1, 0.15) is 23.6 Å². The molecule has 7 aliphatic rings. The first kappa shape index (κ1) is 91.1. The Balaban J connectivity index is 0.000000329. The monoisotopic (exact) mass is 1480 g/mol. The first-order valence-corrected chi connectivity index (χ1v) is 41.4. The Hall–Kier alpha value is -2.48. The summed E-state index contributed by atoms with van der Waals surface area (Å²) in [5.74, 6) is -3.27. The second-order valence-electron chi connectivity index (χ2n) is 35.3. The number of methoxy groups -OCH3 is 1. The Bertz CT molecular complexity index is 2860. The van der Waals surface area contributed by atoms with Crippen molar-refractivity contribution < 1.29 is 90.2 Å². The molecular weight excluding hydrogens is 1330 g/mol. The number of hydrogen-bond acceptors (Lipinski definition) is 19. The van der Waals surface area contributed by atoms with E-state index in [1.54, 1.807) is 48.5 Å². The predicted molar refractivity (Wildman–Crippen MR) is 403 cm³/mol. The Morgan fingerprint density at radius 2 is 1.36 bits per heavy atom. The highest BCUT2D eigenvalue weighted by Gasteiger charge is 2.64. The number of aliphatic hydroxyl groups excluding tert-OH is 3. The van der Waals surface area contributed by atoms with E-state index in [4.69, 9.17) is 37.7 Å². The van der Waals surface area contributed by atoms with Gasteiger partial charge < -0.3 is 63.6 Å². The van der Waals surface area contributed by atoms with Crippen LogP contribution in [0.4, 0.5) is 0 Å². The number of carbonyl (C=O) groups is 3. The molecule has 3 heterocycles. The molecule has 5 fully saturated rings. The lowest BCUT2D eigenvalue weighted by Gasteiger charge is -2.62. The predicted octanol–water partition coefficient (Wildman–Crippen LogP) is 15.0. The number of nitrogens with zero attached hydrogens (tertiary/aromatic N) is 1. The van der Waals surface area contributed by atoms with Gasteiger partial charge in [0.15, 0.2) is 18.7 Å². The van der Waals surface area contributed by atoms with E-state index in [9.17, 15) is 48.3 Å². The summed E-state index contributed by atoms with van der Waals surface area (Å²) in [5.41, 5.74) is 1.49. The minimum Gasteiger partial charge on any atom is -0.459 e. The zero-order chi connectivity index (χ0) is 77.8. The number of ether oxygens (including phenoxy) is 7. The van der Waals surface area contributed by atoms with Crippen LogP contribution in [-0.2, 0) is 62.1 Å². The number of cyclic esters (lactones) is 1. The van der Waals surface area contributed by atoms with Crippen LogP contribution in [0.3, 0.4) is 0 Å². The Kier molecular flexibility index (Phi) is 34.0. The lowest BCUT2D eigenvalue weighted by molar-refractivity contribution is -0.319. The summed E-state index contributed by atoms with van der Waals surface area (Å²) in [6, 6.07) is -0.319. The summed E-state index contributed by atoms with van der Waals surface area (Å²) >= 11 is 0. The SMILES string of the molecule is CC(C)=CCCC(C)C1CCC2(C)C3=C(CCC12C)C1(C)CCC(O)C(C)(C)C1CC3.CCC(=O)OC1C(OC2C(C)C(OC3CC(C)(OC)C(O)C(C)O3)C(C)C(=O)OC(CC)C(C)(O)C(O)C(C)C(=O)C(C)CC2(C)O)OC(C)CC1N(C)C.CCCCCCCCCCCCOS(=O)(=O)O. The zero-order valence-corrected chi connectivity index (χ0v) is 69.1. The molecule has 25 unspecified atom stereocenters. The first-order chi connectivity index (χ1) is 47.8. The van der Waals surface area contributed by atoms with Crippen LogP contribution in [0.5, 0.6) is 0 Å². The molecule has 6 N–H and O–H groups in total. The van der Waals surface area contributed by atoms with Crippen LogP contribution >= 0.6 is 0 Å². The number of likely N-dealkylation sites (N-methyl/N-ethyl adjacent to an activating group) is 1. The second kappa shape index (κ2) is 38.4. The number of aliphatic hydroxyl groups is 5. The first-order valence-electron chi connectivity index (χ1n) is 40.0. The highest BCUT2D eigenvalue weighted by molar-refractivity contribution is 7.80. The van der Waals surface area contributed by atoms with Gasteiger partial charge in [0, 0.05) is 37.7 Å². The quantitative estimate of drug-likeness (QED) is 0.0214. The standard InChI is InChI=1S/C40H71NO14.C30H50O.C12H26O4S/c1-15-27-40(11,48)33(44)22(5)30(43)20(3)18-38(9,47)35(55-37-32(53-28(42)16-2)26(41(12)13)17-21(4)50-37)23(6)31(24(7)36(46)52-27)54-29-19-39(10,49-14)34(45)25(8)51-29;1-20(2)10-9-11-21(3)22-14-18-30(8)24-12-13-25-27(4,5)26(31)16-17-28(25,6)23(24)15-19-29(22,30)7;1-2-3-4-5-6-7-8-9-10-11-12-16-17(13,14)15/h20-27,29,31-35,37,44-45,47-48H,15-19H2,1-14H3;10,21-22,25-26,31H,9,11-19H2,1-8H3;2-12H2,1H3,(H,13,14,15). The van der Waals surface area contributed by atoms with E-state index < -0.39 is 124 Å². The molecule has 103 heavy (non-hydrogen) atoms. The van der Waals surface area contributed by atoms with Crippen molar-refractivity contribution in [2.45, 2.75) is 389 Å². The third kappa shape index (κ3) is 22.2. The summed E-state index contributed by atoms with van der Waals surface area (Å²) in [6.07, 6.45) is 17.3. The van der Waals surface area contributed by atoms with Gasteiger partial charge >= 0.3 is 22.3 Å². The summed E-state index contributed by atoms with van der Waals surface area (Å²) in [7, 11) is 0.973. The van der Waals surface area contributed by atoms with Gasteiger partial charge in [-0.15, -0.1) is 0 Å². The van der Waals surface area contributed by atoms with Crippen LogP contribution in [0, 0.1) is 63.1 Å². The maximum absolute atomic E-state index is 14.2. The molecule has 0 bridgehead atoms. The normalized spacial score (nSPS) is 40.5. The third-order valence-corrected chi connectivity index (χ3v) is 27.2. The Morgan fingerprint density at radius 3 is 1.92 bits per heavy atom. The van der Waals surface area contributed by atoms with Crippen molar-refractivity contribution >= 4 is 28.1 Å². The Morgan fingerprint density at radius 1 is 0.748 bits per heavy atom. The molecule has 20 nitrogen and oxygen atoms in total. The molecule has 0 spiro atoms. The average molecular weight is 1480 g/mol. The van der Waals surface area contributed by atoms with Crippen LogP contribution in [0.1, 0.15) is 299 Å². The van der Waals surface area contributed by atoms with Gasteiger partial charge in [0.2, 0.25) is 0 Å². The van der Waals surface area contributed by atoms with Gasteiger partial charge in [-0.25, -0.2) is 4.18 Å². The van der Waals surface area contributed by atoms with E-state index in [2.05, 4.69) is 72.6 Å². The molecule has 3 saturated heterocycles. The molecule has 25 atom stereocenters. The second-order valence-corrected chi connectivity index (χ2v) is 36.4. The van der Waals surface area contributed by atoms with E-state index in [0.29, 0.717) is 35.0 Å². The lowest BCUT2D eigenvalue weighted by Crippen LogP contribution is -2.61. The van der Waals surface area contributed by atoms with Crippen molar-refractivity contribution in [1.82, 2.24) is 4.90 Å². The number of esters is 2. The molecule has 0 aromatic heterocycles. The minimum absolute atomic E-state index is 0.0465. The van der Waals surface area contributed by atoms with Gasteiger partial charge in [0.05, 0.1) is 66.4 Å². The van der Waals surface area contributed by atoms with Gasteiger partial charge in [-0.3, -0.25) is 18.9 Å². The van der Waals surface area contributed by atoms with Gasteiger partial charge in [-0.1, -0.05) is 164 Å². The van der Waals surface area contributed by atoms with Crippen molar-refractivity contribution in [3.05, 3.63) is 22.8 Å². The highest BCUT2D eigenvalue weighted by atomic mass is 32.3. The molecule has 7 rings (SSSR count). The molecular formula is C82H147NO19S. The van der Waals surface area contributed by atoms with E-state index in [0.717, 1.165) is 31.1 Å². The Labute approximate surface area is 623 Å². The number of Topliss-reactive ketones (excluding diaryl/α,β-unsaturated/α-hetero) is 1. The topological polar surface area (TPSA) is 284 Å². The molecule has 0 radical (unpaired) electrons. The van der Waals surface area contributed by atoms with E-state index in [-0.39, 0.29) is 56.0 Å². The number of unbranched alkanes of at least 4 members (excludes halogenated alkanes) is 9. The highest BCUT2D eigenvalue weighted by Crippen LogP contribution is 2.72. The van der Waals surface area contributed by atoms with Gasteiger partial charge in [-0.05, 0) is 199 Å². The maximum Gasteiger partial charge on any atom is 0.397 e.